The maximum atomic E-state index is 11.2. The first-order valence-electron chi connectivity index (χ1n) is 5.87. The number of rotatable bonds is 3. The van der Waals surface area contributed by atoms with E-state index in [-0.39, 0.29) is 11.0 Å². The van der Waals surface area contributed by atoms with Crippen molar-refractivity contribution in [1.82, 2.24) is 10.6 Å². The highest BCUT2D eigenvalue weighted by Gasteiger charge is 2.34. The van der Waals surface area contributed by atoms with Gasteiger partial charge in [0.1, 0.15) is 6.17 Å². The number of aryl methyl sites for hydroxylation is 1. The SMILES string of the molecule is CC(=O)N[C@@H](NC(=S)Nc1c(Br)cc(C)cc1Br)C(Cl)(Cl)Cl. The molecule has 0 radical (unpaired) electrons. The molecule has 0 bridgehead atoms. The van der Waals surface area contributed by atoms with Gasteiger partial charge in [0.15, 0.2) is 5.11 Å². The van der Waals surface area contributed by atoms with Gasteiger partial charge in [0.2, 0.25) is 9.70 Å². The van der Waals surface area contributed by atoms with Crippen LogP contribution in [-0.4, -0.2) is 21.0 Å². The Morgan fingerprint density at radius 3 is 2.14 bits per heavy atom. The zero-order valence-corrected chi connectivity index (χ0v) is 17.7. The maximum Gasteiger partial charge on any atom is 0.228 e. The average Bonchev–Trinajstić information content (AvgIpc) is 2.31. The minimum atomic E-state index is -1.76. The molecule has 1 amide bonds. The van der Waals surface area contributed by atoms with Gasteiger partial charge in [-0.3, -0.25) is 4.79 Å². The van der Waals surface area contributed by atoms with Gasteiger partial charge in [0.05, 0.1) is 5.69 Å². The molecule has 0 aliphatic rings. The molecule has 0 saturated heterocycles. The number of hydrogen-bond donors (Lipinski definition) is 3. The molecule has 1 atom stereocenters. The molecule has 1 rings (SSSR count). The van der Waals surface area contributed by atoms with Crippen LogP contribution in [0.15, 0.2) is 21.1 Å². The third-order valence-electron chi connectivity index (χ3n) is 2.38. The van der Waals surface area contributed by atoms with E-state index in [1.807, 2.05) is 19.1 Å². The van der Waals surface area contributed by atoms with Crippen LogP contribution in [0.3, 0.4) is 0 Å². The topological polar surface area (TPSA) is 53.2 Å². The molecule has 1 aromatic carbocycles. The molecule has 0 unspecified atom stereocenters. The number of halogens is 5. The number of benzene rings is 1. The van der Waals surface area contributed by atoms with Gasteiger partial charge in [-0.2, -0.15) is 0 Å². The number of carbonyl (C=O) groups excluding carboxylic acids is 1. The number of amides is 1. The first-order valence-corrected chi connectivity index (χ1v) is 9.00. The molecular weight excluding hydrogens is 500 g/mol. The summed E-state index contributed by atoms with van der Waals surface area (Å²) >= 11 is 29.5. The van der Waals surface area contributed by atoms with Crippen LogP contribution in [0.1, 0.15) is 12.5 Å². The second kappa shape index (κ2) is 8.35. The van der Waals surface area contributed by atoms with Gasteiger partial charge in [-0.05, 0) is 68.7 Å². The number of anilines is 1. The summed E-state index contributed by atoms with van der Waals surface area (Å²) in [5.41, 5.74) is 1.79. The van der Waals surface area contributed by atoms with Gasteiger partial charge < -0.3 is 16.0 Å². The second-order valence-electron chi connectivity index (χ2n) is 4.38. The van der Waals surface area contributed by atoms with Crippen LogP contribution >= 0.6 is 78.9 Å². The lowest BCUT2D eigenvalue weighted by molar-refractivity contribution is -0.119. The normalized spacial score (nSPS) is 12.5. The zero-order valence-electron chi connectivity index (χ0n) is 11.4. The molecule has 122 valence electrons. The number of thiocarbonyl (C=S) groups is 1. The fourth-order valence-electron chi connectivity index (χ4n) is 1.50. The Morgan fingerprint density at radius 1 is 1.23 bits per heavy atom. The van der Waals surface area contributed by atoms with Crippen molar-refractivity contribution in [3.05, 3.63) is 26.6 Å². The predicted molar refractivity (Wildman–Crippen MR) is 104 cm³/mol. The highest BCUT2D eigenvalue weighted by Crippen LogP contribution is 2.33. The molecule has 0 spiro atoms. The van der Waals surface area contributed by atoms with Crippen molar-refractivity contribution in [2.75, 3.05) is 5.32 Å². The van der Waals surface area contributed by atoms with Gasteiger partial charge in [-0.1, -0.05) is 34.8 Å². The zero-order chi connectivity index (χ0) is 17.1. The summed E-state index contributed by atoms with van der Waals surface area (Å²) in [7, 11) is 0. The van der Waals surface area contributed by atoms with E-state index in [9.17, 15) is 4.79 Å². The molecule has 10 heteroatoms. The summed E-state index contributed by atoms with van der Waals surface area (Å²) in [6.07, 6.45) is -0.974. The average molecular weight is 512 g/mol. The van der Waals surface area contributed by atoms with Crippen molar-refractivity contribution in [2.24, 2.45) is 0 Å². The minimum Gasteiger partial charge on any atom is -0.339 e. The fourth-order valence-corrected chi connectivity index (χ4v) is 3.66. The van der Waals surface area contributed by atoms with Gasteiger partial charge in [0.25, 0.3) is 0 Å². The number of carbonyl (C=O) groups is 1. The predicted octanol–water partition coefficient (Wildman–Crippen LogP) is 4.64. The molecule has 0 aliphatic carbocycles. The Kier molecular flexibility index (Phi) is 7.69. The summed E-state index contributed by atoms with van der Waals surface area (Å²) in [6, 6.07) is 3.85. The molecule has 22 heavy (non-hydrogen) atoms. The number of hydrogen-bond acceptors (Lipinski definition) is 2. The molecule has 4 nitrogen and oxygen atoms in total. The van der Waals surface area contributed by atoms with Crippen LogP contribution in [0.4, 0.5) is 5.69 Å². The van der Waals surface area contributed by atoms with Crippen molar-refractivity contribution in [2.45, 2.75) is 23.8 Å². The van der Waals surface area contributed by atoms with Gasteiger partial charge in [-0.15, -0.1) is 0 Å². The Bertz CT molecular complexity index is 572. The van der Waals surface area contributed by atoms with E-state index >= 15 is 0 Å². The molecule has 0 saturated carbocycles. The van der Waals surface area contributed by atoms with Crippen LogP contribution in [0.5, 0.6) is 0 Å². The third kappa shape index (κ3) is 6.37. The molecule has 0 heterocycles. The summed E-state index contributed by atoms with van der Waals surface area (Å²) in [4.78, 5) is 11.2. The van der Waals surface area contributed by atoms with E-state index < -0.39 is 9.96 Å². The first-order chi connectivity index (χ1) is 10.0. The van der Waals surface area contributed by atoms with E-state index in [0.29, 0.717) is 5.69 Å². The van der Waals surface area contributed by atoms with E-state index in [1.165, 1.54) is 6.92 Å². The number of nitrogens with one attached hydrogen (secondary N) is 3. The van der Waals surface area contributed by atoms with Gasteiger partial charge in [-0.25, -0.2) is 0 Å². The quantitative estimate of drug-likeness (QED) is 0.314. The van der Waals surface area contributed by atoms with Crippen molar-refractivity contribution < 1.29 is 4.79 Å². The van der Waals surface area contributed by atoms with Crippen molar-refractivity contribution in [3.63, 3.8) is 0 Å². The van der Waals surface area contributed by atoms with Crippen LogP contribution < -0.4 is 16.0 Å². The lowest BCUT2D eigenvalue weighted by atomic mass is 10.2. The summed E-state index contributed by atoms with van der Waals surface area (Å²) in [5, 5.41) is 8.41. The fraction of sp³-hybridized carbons (Fsp3) is 0.333. The molecule has 1 aromatic rings. The highest BCUT2D eigenvalue weighted by atomic mass is 79.9. The van der Waals surface area contributed by atoms with E-state index in [1.54, 1.807) is 0 Å². The molecular formula is C12H12Br2Cl3N3OS. The molecule has 0 fully saturated rings. The number of alkyl halides is 3. The van der Waals surface area contributed by atoms with E-state index in [2.05, 4.69) is 47.8 Å². The summed E-state index contributed by atoms with van der Waals surface area (Å²) in [6.45, 7) is 3.28. The van der Waals surface area contributed by atoms with Crippen molar-refractivity contribution in [3.8, 4) is 0 Å². The molecule has 3 N–H and O–H groups in total. The third-order valence-corrected chi connectivity index (χ3v) is 4.50. The minimum absolute atomic E-state index is 0.190. The smallest absolute Gasteiger partial charge is 0.228 e. The van der Waals surface area contributed by atoms with E-state index in [4.69, 9.17) is 47.0 Å². The molecule has 0 aromatic heterocycles. The van der Waals surface area contributed by atoms with Gasteiger partial charge >= 0.3 is 0 Å². The van der Waals surface area contributed by atoms with Crippen LogP contribution in [0.25, 0.3) is 0 Å². The second-order valence-corrected chi connectivity index (χ2v) is 8.86. The monoisotopic (exact) mass is 509 g/mol. The lowest BCUT2D eigenvalue weighted by Crippen LogP contribution is -2.55. The largest absolute Gasteiger partial charge is 0.339 e. The Balaban J connectivity index is 2.87. The van der Waals surface area contributed by atoms with E-state index in [0.717, 1.165) is 14.5 Å². The maximum absolute atomic E-state index is 11.2. The van der Waals surface area contributed by atoms with Crippen LogP contribution in [0, 0.1) is 6.92 Å². The standard InChI is InChI=1S/C12H12Br2Cl3N3OS/c1-5-3-7(13)9(8(14)4-5)19-11(22)20-10(12(15,16)17)18-6(2)21/h3-4,10H,1-2H3,(H,18,21)(H2,19,20,22)/t10-/m0/s1. The Morgan fingerprint density at radius 2 is 1.73 bits per heavy atom. The lowest BCUT2D eigenvalue weighted by Gasteiger charge is -2.27. The Hall–Kier alpha value is 0.210. The first kappa shape index (κ1) is 20.3. The van der Waals surface area contributed by atoms with Crippen molar-refractivity contribution in [1.29, 1.82) is 0 Å². The Labute approximate surface area is 165 Å². The van der Waals surface area contributed by atoms with Crippen LogP contribution in [-0.2, 0) is 4.79 Å². The van der Waals surface area contributed by atoms with Crippen molar-refractivity contribution >= 4 is 95.6 Å². The van der Waals surface area contributed by atoms with Gasteiger partial charge in [0, 0.05) is 15.9 Å². The molecule has 0 aliphatic heterocycles. The summed E-state index contributed by atoms with van der Waals surface area (Å²) in [5.74, 6) is -0.357. The highest BCUT2D eigenvalue weighted by molar-refractivity contribution is 9.11. The van der Waals surface area contributed by atoms with Crippen LogP contribution in [0.2, 0.25) is 0 Å². The summed E-state index contributed by atoms with van der Waals surface area (Å²) < 4.78 is -0.138.